The first-order valence-electron chi connectivity index (χ1n) is 6.74. The molecule has 1 amide bonds. The topological polar surface area (TPSA) is 56.9 Å². The highest BCUT2D eigenvalue weighted by molar-refractivity contribution is 5.84. The molecule has 4 heteroatoms. The minimum atomic E-state index is 0.0538. The first kappa shape index (κ1) is 13.6. The average Bonchev–Trinajstić information content (AvgIpc) is 2.71. The van der Waals surface area contributed by atoms with Crippen LogP contribution >= 0.6 is 0 Å². The molecule has 2 rings (SSSR count). The molecule has 4 nitrogen and oxygen atoms in total. The molecule has 19 heavy (non-hydrogen) atoms. The Labute approximate surface area is 113 Å². The van der Waals surface area contributed by atoms with Crippen LogP contribution in [0.5, 0.6) is 0 Å². The van der Waals surface area contributed by atoms with Gasteiger partial charge in [0.2, 0.25) is 5.91 Å². The maximum Gasteiger partial charge on any atom is 0.234 e. The Kier molecular flexibility index (Phi) is 4.58. The SMILES string of the molecule is CNNC(=O)CCCCc1c(C)[nH]c2ccccc12. The fourth-order valence-electron chi connectivity index (χ4n) is 2.45. The van der Waals surface area contributed by atoms with E-state index in [1.807, 2.05) is 6.07 Å². The molecule has 1 aromatic heterocycles. The normalized spacial score (nSPS) is 10.8. The molecular weight excluding hydrogens is 238 g/mol. The van der Waals surface area contributed by atoms with E-state index in [9.17, 15) is 4.79 Å². The predicted molar refractivity (Wildman–Crippen MR) is 77.8 cm³/mol. The van der Waals surface area contributed by atoms with Crippen molar-refractivity contribution in [3.8, 4) is 0 Å². The van der Waals surface area contributed by atoms with E-state index in [0.717, 1.165) is 19.3 Å². The number of unbranched alkanes of at least 4 members (excludes halogenated alkanes) is 1. The number of aromatic amines is 1. The Morgan fingerprint density at radius 2 is 2.05 bits per heavy atom. The van der Waals surface area contributed by atoms with E-state index in [2.05, 4.69) is 41.0 Å². The van der Waals surface area contributed by atoms with Gasteiger partial charge in [0.05, 0.1) is 0 Å². The van der Waals surface area contributed by atoms with Crippen molar-refractivity contribution >= 4 is 16.8 Å². The molecule has 0 aliphatic carbocycles. The van der Waals surface area contributed by atoms with Crippen LogP contribution in [0.25, 0.3) is 10.9 Å². The lowest BCUT2D eigenvalue weighted by Crippen LogP contribution is -2.33. The van der Waals surface area contributed by atoms with Gasteiger partial charge in [0.15, 0.2) is 0 Å². The third-order valence-electron chi connectivity index (χ3n) is 3.37. The number of aryl methyl sites for hydroxylation is 2. The quantitative estimate of drug-likeness (QED) is 0.551. The molecule has 1 heterocycles. The zero-order chi connectivity index (χ0) is 13.7. The van der Waals surface area contributed by atoms with Gasteiger partial charge in [-0.3, -0.25) is 10.2 Å². The van der Waals surface area contributed by atoms with Gasteiger partial charge >= 0.3 is 0 Å². The lowest BCUT2D eigenvalue weighted by Gasteiger charge is -2.03. The Bertz CT molecular complexity index is 560. The van der Waals surface area contributed by atoms with E-state index in [1.165, 1.54) is 22.2 Å². The molecule has 0 aliphatic heterocycles. The number of hydrogen-bond donors (Lipinski definition) is 3. The second kappa shape index (κ2) is 6.38. The van der Waals surface area contributed by atoms with Gasteiger partial charge < -0.3 is 4.98 Å². The Morgan fingerprint density at radius 3 is 2.84 bits per heavy atom. The number of aromatic nitrogens is 1. The molecule has 0 spiro atoms. The average molecular weight is 259 g/mol. The molecule has 0 saturated carbocycles. The van der Waals surface area contributed by atoms with E-state index < -0.39 is 0 Å². The smallest absolute Gasteiger partial charge is 0.234 e. The molecule has 0 fully saturated rings. The van der Waals surface area contributed by atoms with Crippen molar-refractivity contribution in [2.45, 2.75) is 32.6 Å². The second-order valence-corrected chi connectivity index (χ2v) is 4.78. The first-order valence-corrected chi connectivity index (χ1v) is 6.74. The standard InChI is InChI=1S/C15H21N3O/c1-11-12(7-4-6-10-15(19)18-16-2)13-8-3-5-9-14(13)17-11/h3,5,8-9,16-17H,4,6-7,10H2,1-2H3,(H,18,19). The van der Waals surface area contributed by atoms with Gasteiger partial charge in [-0.05, 0) is 37.8 Å². The van der Waals surface area contributed by atoms with Crippen molar-refractivity contribution < 1.29 is 4.79 Å². The second-order valence-electron chi connectivity index (χ2n) is 4.78. The molecule has 0 atom stereocenters. The van der Waals surface area contributed by atoms with Gasteiger partial charge in [0.25, 0.3) is 0 Å². The molecule has 0 unspecified atom stereocenters. The fraction of sp³-hybridized carbons (Fsp3) is 0.400. The number of fused-ring (bicyclic) bond motifs is 1. The molecule has 0 radical (unpaired) electrons. The van der Waals surface area contributed by atoms with Crippen molar-refractivity contribution in [2.75, 3.05) is 7.05 Å². The predicted octanol–water partition coefficient (Wildman–Crippen LogP) is 2.44. The van der Waals surface area contributed by atoms with E-state index in [0.29, 0.717) is 6.42 Å². The van der Waals surface area contributed by atoms with E-state index in [-0.39, 0.29) is 5.91 Å². The largest absolute Gasteiger partial charge is 0.358 e. The zero-order valence-electron chi connectivity index (χ0n) is 11.5. The van der Waals surface area contributed by atoms with Gasteiger partial charge in [0, 0.05) is 30.1 Å². The number of carbonyl (C=O) groups excluding carboxylic acids is 1. The molecule has 1 aromatic carbocycles. The molecule has 2 aromatic rings. The molecule has 3 N–H and O–H groups in total. The van der Waals surface area contributed by atoms with Crippen molar-refractivity contribution in [1.29, 1.82) is 0 Å². The van der Waals surface area contributed by atoms with Crippen LogP contribution in [0.4, 0.5) is 0 Å². The van der Waals surface area contributed by atoms with Crippen molar-refractivity contribution in [3.63, 3.8) is 0 Å². The van der Waals surface area contributed by atoms with Crippen molar-refractivity contribution in [3.05, 3.63) is 35.5 Å². The Morgan fingerprint density at radius 1 is 1.26 bits per heavy atom. The summed E-state index contributed by atoms with van der Waals surface area (Å²) < 4.78 is 0. The van der Waals surface area contributed by atoms with Crippen LogP contribution < -0.4 is 10.9 Å². The number of nitrogens with one attached hydrogen (secondary N) is 3. The highest BCUT2D eigenvalue weighted by atomic mass is 16.2. The van der Waals surface area contributed by atoms with E-state index in [4.69, 9.17) is 0 Å². The number of H-pyrrole nitrogens is 1. The lowest BCUT2D eigenvalue weighted by atomic mass is 10.0. The molecule has 0 bridgehead atoms. The maximum atomic E-state index is 11.3. The maximum absolute atomic E-state index is 11.3. The monoisotopic (exact) mass is 259 g/mol. The number of hydrazine groups is 1. The summed E-state index contributed by atoms with van der Waals surface area (Å²) in [5.74, 6) is 0.0538. The summed E-state index contributed by atoms with van der Waals surface area (Å²) in [6, 6.07) is 8.37. The van der Waals surface area contributed by atoms with Crippen molar-refractivity contribution in [1.82, 2.24) is 15.8 Å². The summed E-state index contributed by atoms with van der Waals surface area (Å²) in [6.07, 6.45) is 3.53. The zero-order valence-corrected chi connectivity index (χ0v) is 11.5. The van der Waals surface area contributed by atoms with Crippen LogP contribution in [-0.2, 0) is 11.2 Å². The number of benzene rings is 1. The molecular formula is C15H21N3O. The Balaban J connectivity index is 1.91. The van der Waals surface area contributed by atoms with Crippen LogP contribution in [0.1, 0.15) is 30.5 Å². The first-order chi connectivity index (χ1) is 9.22. The van der Waals surface area contributed by atoms with Crippen LogP contribution in [0.2, 0.25) is 0 Å². The van der Waals surface area contributed by atoms with Crippen LogP contribution in [0.15, 0.2) is 24.3 Å². The molecule has 102 valence electrons. The summed E-state index contributed by atoms with van der Waals surface area (Å²) in [4.78, 5) is 14.7. The summed E-state index contributed by atoms with van der Waals surface area (Å²) in [5, 5.41) is 1.31. The van der Waals surface area contributed by atoms with Gasteiger partial charge in [0.1, 0.15) is 0 Å². The van der Waals surface area contributed by atoms with Gasteiger partial charge in [-0.2, -0.15) is 0 Å². The number of amides is 1. The number of hydrogen-bond acceptors (Lipinski definition) is 2. The highest BCUT2D eigenvalue weighted by Gasteiger charge is 2.07. The van der Waals surface area contributed by atoms with Gasteiger partial charge in [-0.1, -0.05) is 18.2 Å². The van der Waals surface area contributed by atoms with E-state index in [1.54, 1.807) is 7.05 Å². The van der Waals surface area contributed by atoms with Gasteiger partial charge in [-0.25, -0.2) is 5.43 Å². The highest BCUT2D eigenvalue weighted by Crippen LogP contribution is 2.23. The number of para-hydroxylation sites is 1. The molecule has 0 saturated heterocycles. The number of carbonyl (C=O) groups is 1. The third kappa shape index (κ3) is 3.35. The summed E-state index contributed by atoms with van der Waals surface area (Å²) in [7, 11) is 1.70. The molecule has 0 aliphatic rings. The van der Waals surface area contributed by atoms with E-state index >= 15 is 0 Å². The van der Waals surface area contributed by atoms with Crippen LogP contribution in [0, 0.1) is 6.92 Å². The van der Waals surface area contributed by atoms with Gasteiger partial charge in [-0.15, -0.1) is 0 Å². The Hall–Kier alpha value is -1.81. The van der Waals surface area contributed by atoms with Crippen LogP contribution in [-0.4, -0.2) is 17.9 Å². The fourth-order valence-corrected chi connectivity index (χ4v) is 2.45. The van der Waals surface area contributed by atoms with Crippen LogP contribution in [0.3, 0.4) is 0 Å². The minimum absolute atomic E-state index is 0.0538. The third-order valence-corrected chi connectivity index (χ3v) is 3.37. The minimum Gasteiger partial charge on any atom is -0.358 e. The van der Waals surface area contributed by atoms with Crippen molar-refractivity contribution in [2.24, 2.45) is 0 Å². The lowest BCUT2D eigenvalue weighted by molar-refractivity contribution is -0.122. The summed E-state index contributed by atoms with van der Waals surface area (Å²) in [6.45, 7) is 2.11. The number of rotatable bonds is 6. The summed E-state index contributed by atoms with van der Waals surface area (Å²) in [5.41, 5.74) is 9.05. The summed E-state index contributed by atoms with van der Waals surface area (Å²) >= 11 is 0.